The minimum absolute atomic E-state index is 0.0806. The number of amides is 2. The van der Waals surface area contributed by atoms with Crippen LogP contribution in [0.3, 0.4) is 0 Å². The van der Waals surface area contributed by atoms with Gasteiger partial charge in [-0.05, 0) is 37.8 Å². The predicted octanol–water partition coefficient (Wildman–Crippen LogP) is 1.36. The number of rotatable bonds is 5. The molecule has 2 aliphatic rings. The van der Waals surface area contributed by atoms with Gasteiger partial charge in [0, 0.05) is 37.8 Å². The van der Waals surface area contributed by atoms with Crippen molar-refractivity contribution in [1.29, 1.82) is 0 Å². The van der Waals surface area contributed by atoms with Crippen molar-refractivity contribution in [1.82, 2.24) is 15.1 Å². The lowest BCUT2D eigenvalue weighted by Gasteiger charge is -2.34. The van der Waals surface area contributed by atoms with Crippen molar-refractivity contribution in [2.45, 2.75) is 25.8 Å². The van der Waals surface area contributed by atoms with Crippen LogP contribution in [0, 0.1) is 5.92 Å². The number of hydrogen-bond acceptors (Lipinski definition) is 3. The van der Waals surface area contributed by atoms with Gasteiger partial charge in [-0.2, -0.15) is 0 Å². The molecule has 0 unspecified atom stereocenters. The van der Waals surface area contributed by atoms with Gasteiger partial charge >= 0.3 is 0 Å². The number of piperazine rings is 1. The van der Waals surface area contributed by atoms with Crippen molar-refractivity contribution in [2.75, 3.05) is 32.7 Å². The minimum atomic E-state index is 0.0806. The molecule has 23 heavy (non-hydrogen) atoms. The van der Waals surface area contributed by atoms with Gasteiger partial charge in [0.15, 0.2) is 0 Å². The van der Waals surface area contributed by atoms with Crippen molar-refractivity contribution < 1.29 is 9.59 Å². The van der Waals surface area contributed by atoms with Crippen molar-refractivity contribution in [3.05, 3.63) is 35.9 Å². The zero-order chi connectivity index (χ0) is 16.2. The largest absolute Gasteiger partial charge is 0.352 e. The van der Waals surface area contributed by atoms with Crippen molar-refractivity contribution in [2.24, 2.45) is 5.92 Å². The van der Waals surface area contributed by atoms with Gasteiger partial charge in [0.05, 0.1) is 6.54 Å². The Morgan fingerprint density at radius 2 is 1.78 bits per heavy atom. The summed E-state index contributed by atoms with van der Waals surface area (Å²) < 4.78 is 0. The molecule has 1 saturated carbocycles. The molecule has 5 heteroatoms. The maximum atomic E-state index is 12.4. The van der Waals surface area contributed by atoms with Crippen LogP contribution in [-0.2, 0) is 4.79 Å². The second kappa shape index (κ2) is 7.13. The Labute approximate surface area is 137 Å². The summed E-state index contributed by atoms with van der Waals surface area (Å²) in [6, 6.07) is 9.67. The van der Waals surface area contributed by atoms with E-state index < -0.39 is 0 Å². The zero-order valence-electron chi connectivity index (χ0n) is 13.7. The first-order chi connectivity index (χ1) is 11.1. The summed E-state index contributed by atoms with van der Waals surface area (Å²) in [5.41, 5.74) is 0.733. The molecular weight excluding hydrogens is 290 g/mol. The van der Waals surface area contributed by atoms with Crippen LogP contribution in [0.15, 0.2) is 30.3 Å². The number of carbonyl (C=O) groups is 2. The Bertz CT molecular complexity index is 549. The van der Waals surface area contributed by atoms with Crippen molar-refractivity contribution in [3.63, 3.8) is 0 Å². The molecule has 2 fully saturated rings. The number of nitrogens with one attached hydrogen (secondary N) is 1. The van der Waals surface area contributed by atoms with Crippen LogP contribution in [0.4, 0.5) is 0 Å². The van der Waals surface area contributed by atoms with E-state index in [0.29, 0.717) is 31.6 Å². The van der Waals surface area contributed by atoms with Gasteiger partial charge in [-0.1, -0.05) is 18.2 Å². The average Bonchev–Trinajstić information content (AvgIpc) is 3.40. The maximum absolute atomic E-state index is 12.4. The average molecular weight is 315 g/mol. The third-order valence-electron chi connectivity index (χ3n) is 4.77. The Hall–Kier alpha value is -1.88. The number of hydrogen-bond donors (Lipinski definition) is 1. The van der Waals surface area contributed by atoms with Gasteiger partial charge in [0.25, 0.3) is 5.91 Å². The van der Waals surface area contributed by atoms with Crippen LogP contribution in [0.25, 0.3) is 0 Å². The standard InChI is InChI=1S/C18H25N3O2/c1-14(15-7-8-15)19-17(22)13-20-9-11-21(12-10-20)18(23)16-5-3-2-4-6-16/h2-6,14-15H,7-13H2,1H3,(H,19,22)/t14-/m1/s1. The van der Waals surface area contributed by atoms with Crippen LogP contribution in [-0.4, -0.2) is 60.4 Å². The first kappa shape index (κ1) is 16.0. The molecule has 1 saturated heterocycles. The fourth-order valence-electron chi connectivity index (χ4n) is 3.09. The fourth-order valence-corrected chi connectivity index (χ4v) is 3.09. The van der Waals surface area contributed by atoms with Crippen molar-refractivity contribution >= 4 is 11.8 Å². The normalized spacial score (nSPS) is 20.1. The van der Waals surface area contributed by atoms with E-state index in [-0.39, 0.29) is 11.8 Å². The number of nitrogens with zero attached hydrogens (tertiary/aromatic N) is 2. The molecule has 0 aromatic heterocycles. The Morgan fingerprint density at radius 1 is 1.13 bits per heavy atom. The lowest BCUT2D eigenvalue weighted by atomic mass is 10.2. The quantitative estimate of drug-likeness (QED) is 0.892. The van der Waals surface area contributed by atoms with Crippen molar-refractivity contribution in [3.8, 4) is 0 Å². The molecule has 1 aliphatic carbocycles. The molecule has 1 N–H and O–H groups in total. The van der Waals surface area contributed by atoms with Gasteiger partial charge in [-0.25, -0.2) is 0 Å². The van der Waals surface area contributed by atoms with E-state index in [0.717, 1.165) is 18.7 Å². The summed E-state index contributed by atoms with van der Waals surface area (Å²) in [7, 11) is 0. The Morgan fingerprint density at radius 3 is 2.39 bits per heavy atom. The van der Waals surface area contributed by atoms with Gasteiger partial charge in [0.2, 0.25) is 5.91 Å². The van der Waals surface area contributed by atoms with Crippen LogP contribution in [0.5, 0.6) is 0 Å². The van der Waals surface area contributed by atoms with E-state index >= 15 is 0 Å². The molecule has 1 atom stereocenters. The van der Waals surface area contributed by atoms with Gasteiger partial charge in [0.1, 0.15) is 0 Å². The molecule has 2 amide bonds. The highest BCUT2D eigenvalue weighted by Crippen LogP contribution is 2.32. The van der Waals surface area contributed by atoms with Gasteiger partial charge < -0.3 is 10.2 Å². The summed E-state index contributed by atoms with van der Waals surface area (Å²) in [6.07, 6.45) is 2.48. The summed E-state index contributed by atoms with van der Waals surface area (Å²) in [6.45, 7) is 5.39. The van der Waals surface area contributed by atoms with Crippen LogP contribution in [0.1, 0.15) is 30.1 Å². The summed E-state index contributed by atoms with van der Waals surface area (Å²) in [5.74, 6) is 0.864. The molecule has 0 spiro atoms. The second-order valence-electron chi connectivity index (χ2n) is 6.63. The minimum Gasteiger partial charge on any atom is -0.352 e. The molecule has 1 aromatic carbocycles. The highest BCUT2D eigenvalue weighted by atomic mass is 16.2. The lowest BCUT2D eigenvalue weighted by molar-refractivity contribution is -0.123. The van der Waals surface area contributed by atoms with E-state index in [4.69, 9.17) is 0 Å². The SMILES string of the molecule is C[C@@H](NC(=O)CN1CCN(C(=O)c2ccccc2)CC1)C1CC1. The second-order valence-corrected chi connectivity index (χ2v) is 6.63. The number of carbonyl (C=O) groups excluding carboxylic acids is 2. The fraction of sp³-hybridized carbons (Fsp3) is 0.556. The molecule has 0 bridgehead atoms. The maximum Gasteiger partial charge on any atom is 0.253 e. The molecule has 0 radical (unpaired) electrons. The summed E-state index contributed by atoms with van der Waals surface area (Å²) in [5, 5.41) is 3.09. The third-order valence-corrected chi connectivity index (χ3v) is 4.77. The summed E-state index contributed by atoms with van der Waals surface area (Å²) in [4.78, 5) is 28.4. The molecular formula is C18H25N3O2. The highest BCUT2D eigenvalue weighted by molar-refractivity contribution is 5.94. The first-order valence-corrected chi connectivity index (χ1v) is 8.49. The third kappa shape index (κ3) is 4.32. The van der Waals surface area contributed by atoms with E-state index in [1.165, 1.54) is 12.8 Å². The van der Waals surface area contributed by atoms with E-state index in [9.17, 15) is 9.59 Å². The van der Waals surface area contributed by atoms with Crippen LogP contribution in [0.2, 0.25) is 0 Å². The van der Waals surface area contributed by atoms with Gasteiger partial charge in [-0.3, -0.25) is 14.5 Å². The van der Waals surface area contributed by atoms with E-state index in [1.807, 2.05) is 35.2 Å². The molecule has 5 nitrogen and oxygen atoms in total. The zero-order valence-corrected chi connectivity index (χ0v) is 13.7. The smallest absolute Gasteiger partial charge is 0.253 e. The molecule has 1 heterocycles. The topological polar surface area (TPSA) is 52.7 Å². The number of benzene rings is 1. The monoisotopic (exact) mass is 315 g/mol. The Kier molecular flexibility index (Phi) is 4.96. The molecule has 1 aromatic rings. The van der Waals surface area contributed by atoms with E-state index in [1.54, 1.807) is 0 Å². The van der Waals surface area contributed by atoms with Crippen LogP contribution >= 0.6 is 0 Å². The molecule has 3 rings (SSSR count). The first-order valence-electron chi connectivity index (χ1n) is 8.49. The predicted molar refractivity (Wildman–Crippen MR) is 89.1 cm³/mol. The lowest BCUT2D eigenvalue weighted by Crippen LogP contribution is -2.51. The Balaban J connectivity index is 1.43. The highest BCUT2D eigenvalue weighted by Gasteiger charge is 2.29. The van der Waals surface area contributed by atoms with Gasteiger partial charge in [-0.15, -0.1) is 0 Å². The molecule has 124 valence electrons. The van der Waals surface area contributed by atoms with Crippen LogP contribution < -0.4 is 5.32 Å². The summed E-state index contributed by atoms with van der Waals surface area (Å²) >= 11 is 0. The molecule has 1 aliphatic heterocycles. The van der Waals surface area contributed by atoms with E-state index in [2.05, 4.69) is 17.1 Å².